The molecule has 0 radical (unpaired) electrons. The maximum Gasteiger partial charge on any atom is 0.326 e. The van der Waals surface area contributed by atoms with E-state index in [1.165, 1.54) is 11.7 Å². The normalized spacial score (nSPS) is 11.0. The van der Waals surface area contributed by atoms with Gasteiger partial charge in [0.1, 0.15) is 11.3 Å². The van der Waals surface area contributed by atoms with Gasteiger partial charge >= 0.3 is 5.69 Å². The van der Waals surface area contributed by atoms with Crippen LogP contribution in [-0.2, 0) is 6.54 Å². The lowest BCUT2D eigenvalue weighted by atomic mass is 10.2. The van der Waals surface area contributed by atoms with Crippen molar-refractivity contribution in [3.63, 3.8) is 0 Å². The molecule has 1 N–H and O–H groups in total. The van der Waals surface area contributed by atoms with Crippen LogP contribution in [0.1, 0.15) is 12.5 Å². The first kappa shape index (κ1) is 16.0. The molecule has 0 saturated heterocycles. The number of imidazole rings is 1. The van der Waals surface area contributed by atoms with Crippen LogP contribution in [0.4, 0.5) is 8.78 Å². The SMILES string of the molecule is CCOc1cc(Cn2c(=O)[nH]c3cc(F)cc(F)c32)ccc1OC. The molecule has 3 rings (SSSR count). The molecule has 0 amide bonds. The highest BCUT2D eigenvalue weighted by Crippen LogP contribution is 2.28. The smallest absolute Gasteiger partial charge is 0.326 e. The first-order valence-corrected chi connectivity index (χ1v) is 7.40. The third-order valence-electron chi connectivity index (χ3n) is 3.65. The van der Waals surface area contributed by atoms with E-state index in [1.807, 2.05) is 6.92 Å². The standard InChI is InChI=1S/C17H16F2N2O3/c1-3-24-15-6-10(4-5-14(15)23-2)9-21-16-12(19)7-11(18)8-13(16)20-17(21)22/h4-8H,3,9H2,1-2H3,(H,20,22). The Balaban J connectivity index is 2.06. The number of nitrogens with zero attached hydrogens (tertiary/aromatic N) is 1. The van der Waals surface area contributed by atoms with Crippen molar-refractivity contribution in [3.05, 3.63) is 58.0 Å². The van der Waals surface area contributed by atoms with Gasteiger partial charge in [-0.1, -0.05) is 6.07 Å². The number of hydrogen-bond acceptors (Lipinski definition) is 3. The summed E-state index contributed by atoms with van der Waals surface area (Å²) in [7, 11) is 1.53. The number of benzene rings is 2. The summed E-state index contributed by atoms with van der Waals surface area (Å²) in [6, 6.07) is 7.06. The number of hydrogen-bond donors (Lipinski definition) is 1. The number of rotatable bonds is 5. The highest BCUT2D eigenvalue weighted by Gasteiger charge is 2.14. The molecule has 5 nitrogen and oxygen atoms in total. The van der Waals surface area contributed by atoms with Crippen molar-refractivity contribution in [1.29, 1.82) is 0 Å². The van der Waals surface area contributed by atoms with Crippen LogP contribution in [0.15, 0.2) is 35.1 Å². The summed E-state index contributed by atoms with van der Waals surface area (Å²) >= 11 is 0. The van der Waals surface area contributed by atoms with E-state index in [4.69, 9.17) is 9.47 Å². The third-order valence-corrected chi connectivity index (χ3v) is 3.65. The van der Waals surface area contributed by atoms with Crippen molar-refractivity contribution in [1.82, 2.24) is 9.55 Å². The third kappa shape index (κ3) is 2.84. The lowest BCUT2D eigenvalue weighted by Crippen LogP contribution is -2.17. The van der Waals surface area contributed by atoms with Gasteiger partial charge in [-0.3, -0.25) is 4.57 Å². The van der Waals surface area contributed by atoms with Gasteiger partial charge in [0.05, 0.1) is 25.8 Å². The molecule has 0 aliphatic carbocycles. The van der Waals surface area contributed by atoms with Crippen molar-refractivity contribution in [2.75, 3.05) is 13.7 Å². The van der Waals surface area contributed by atoms with Crippen molar-refractivity contribution >= 4 is 11.0 Å². The Kier molecular flexibility index (Phi) is 4.24. The molecule has 3 aromatic rings. The fourth-order valence-electron chi connectivity index (χ4n) is 2.64. The molecule has 0 aliphatic rings. The van der Waals surface area contributed by atoms with E-state index in [1.54, 1.807) is 18.2 Å². The van der Waals surface area contributed by atoms with Gasteiger partial charge in [0.15, 0.2) is 17.3 Å². The van der Waals surface area contributed by atoms with E-state index in [0.717, 1.165) is 17.7 Å². The Hall–Kier alpha value is -2.83. The van der Waals surface area contributed by atoms with Crippen LogP contribution >= 0.6 is 0 Å². The van der Waals surface area contributed by atoms with Crippen molar-refractivity contribution in [2.24, 2.45) is 0 Å². The number of nitrogens with one attached hydrogen (secondary N) is 1. The second kappa shape index (κ2) is 6.35. The molecule has 126 valence electrons. The zero-order valence-corrected chi connectivity index (χ0v) is 13.2. The minimum Gasteiger partial charge on any atom is -0.493 e. The number of methoxy groups -OCH3 is 1. The topological polar surface area (TPSA) is 56.2 Å². The first-order valence-electron chi connectivity index (χ1n) is 7.40. The van der Waals surface area contributed by atoms with E-state index >= 15 is 0 Å². The number of aromatic amines is 1. The fraction of sp³-hybridized carbons (Fsp3) is 0.235. The molecular weight excluding hydrogens is 318 g/mol. The van der Waals surface area contributed by atoms with Crippen LogP contribution in [0.3, 0.4) is 0 Å². The second-order valence-electron chi connectivity index (χ2n) is 5.22. The van der Waals surface area contributed by atoms with Crippen LogP contribution in [-0.4, -0.2) is 23.3 Å². The lowest BCUT2D eigenvalue weighted by molar-refractivity contribution is 0.310. The molecule has 0 saturated carbocycles. The Bertz CT molecular complexity index is 947. The molecule has 7 heteroatoms. The van der Waals surface area contributed by atoms with Crippen LogP contribution in [0, 0.1) is 11.6 Å². The predicted octanol–water partition coefficient (Wildman–Crippen LogP) is 3.06. The maximum absolute atomic E-state index is 14.1. The monoisotopic (exact) mass is 334 g/mol. The van der Waals surface area contributed by atoms with E-state index < -0.39 is 17.3 Å². The highest BCUT2D eigenvalue weighted by molar-refractivity contribution is 5.76. The van der Waals surface area contributed by atoms with Gasteiger partial charge < -0.3 is 14.5 Å². The highest BCUT2D eigenvalue weighted by atomic mass is 19.1. The molecular formula is C17H16F2N2O3. The first-order chi connectivity index (χ1) is 11.5. The zero-order valence-electron chi connectivity index (χ0n) is 13.2. The van der Waals surface area contributed by atoms with Gasteiger partial charge in [0.25, 0.3) is 0 Å². The van der Waals surface area contributed by atoms with Crippen molar-refractivity contribution in [2.45, 2.75) is 13.5 Å². The number of ether oxygens (including phenoxy) is 2. The summed E-state index contributed by atoms with van der Waals surface area (Å²) in [5.74, 6) is -0.421. The minimum atomic E-state index is -0.790. The van der Waals surface area contributed by atoms with E-state index in [2.05, 4.69) is 4.98 Å². The average molecular weight is 334 g/mol. The molecule has 0 atom stereocenters. The quantitative estimate of drug-likeness (QED) is 0.780. The second-order valence-corrected chi connectivity index (χ2v) is 5.22. The molecule has 24 heavy (non-hydrogen) atoms. The molecule has 0 spiro atoms. The molecule has 0 unspecified atom stereocenters. The summed E-state index contributed by atoms with van der Waals surface area (Å²) in [5.41, 5.74) is 0.375. The number of H-pyrrole nitrogens is 1. The molecule has 0 aliphatic heterocycles. The largest absolute Gasteiger partial charge is 0.493 e. The molecule has 0 bridgehead atoms. The van der Waals surface area contributed by atoms with Gasteiger partial charge in [-0.25, -0.2) is 13.6 Å². The lowest BCUT2D eigenvalue weighted by Gasteiger charge is -2.11. The predicted molar refractivity (Wildman–Crippen MR) is 85.7 cm³/mol. The van der Waals surface area contributed by atoms with E-state index in [9.17, 15) is 13.6 Å². The van der Waals surface area contributed by atoms with Gasteiger partial charge in [-0.15, -0.1) is 0 Å². The van der Waals surface area contributed by atoms with E-state index in [0.29, 0.717) is 18.1 Å². The van der Waals surface area contributed by atoms with Crippen molar-refractivity contribution in [3.8, 4) is 11.5 Å². The number of fused-ring (bicyclic) bond motifs is 1. The summed E-state index contributed by atoms with van der Waals surface area (Å²) in [6.07, 6.45) is 0. The number of halogens is 2. The van der Waals surface area contributed by atoms with Crippen molar-refractivity contribution < 1.29 is 18.3 Å². The molecule has 1 aromatic heterocycles. The molecule has 0 fully saturated rings. The van der Waals surface area contributed by atoms with Crippen LogP contribution in [0.25, 0.3) is 11.0 Å². The van der Waals surface area contributed by atoms with Gasteiger partial charge in [-0.2, -0.15) is 0 Å². The van der Waals surface area contributed by atoms with E-state index in [-0.39, 0.29) is 17.6 Å². The van der Waals surface area contributed by atoms with Gasteiger partial charge in [0.2, 0.25) is 0 Å². The zero-order chi connectivity index (χ0) is 17.3. The Labute approximate surface area is 136 Å². The van der Waals surface area contributed by atoms with Gasteiger partial charge in [0, 0.05) is 6.07 Å². The van der Waals surface area contributed by atoms with Crippen LogP contribution in [0.2, 0.25) is 0 Å². The average Bonchev–Trinajstić information content (AvgIpc) is 2.83. The van der Waals surface area contributed by atoms with Gasteiger partial charge in [-0.05, 0) is 30.7 Å². The Morgan fingerprint density at radius 3 is 2.67 bits per heavy atom. The molecule has 1 heterocycles. The molecule has 2 aromatic carbocycles. The Morgan fingerprint density at radius 1 is 1.17 bits per heavy atom. The van der Waals surface area contributed by atoms with Crippen LogP contribution < -0.4 is 15.2 Å². The summed E-state index contributed by atoms with van der Waals surface area (Å²) in [6.45, 7) is 2.42. The summed E-state index contributed by atoms with van der Waals surface area (Å²) in [5, 5.41) is 0. The number of aromatic nitrogens is 2. The Morgan fingerprint density at radius 2 is 1.96 bits per heavy atom. The summed E-state index contributed by atoms with van der Waals surface area (Å²) < 4.78 is 39.3. The minimum absolute atomic E-state index is 0.0372. The fourth-order valence-corrected chi connectivity index (χ4v) is 2.64. The van der Waals surface area contributed by atoms with Crippen LogP contribution in [0.5, 0.6) is 11.5 Å². The summed E-state index contributed by atoms with van der Waals surface area (Å²) in [4.78, 5) is 14.6. The maximum atomic E-state index is 14.1.